The van der Waals surface area contributed by atoms with Crippen molar-refractivity contribution < 1.29 is 18.7 Å². The van der Waals surface area contributed by atoms with Gasteiger partial charge in [-0.05, 0) is 18.2 Å². The number of imidazole rings is 1. The minimum atomic E-state index is -1.13. The summed E-state index contributed by atoms with van der Waals surface area (Å²) in [6.07, 6.45) is 1.35. The van der Waals surface area contributed by atoms with Crippen molar-refractivity contribution in [2.45, 2.75) is 0 Å². The van der Waals surface area contributed by atoms with Crippen molar-refractivity contribution in [3.8, 4) is 11.3 Å². The smallest absolute Gasteiger partial charge is 0.356 e. The highest BCUT2D eigenvalue weighted by Crippen LogP contribution is 2.27. The Morgan fingerprint density at radius 2 is 2.11 bits per heavy atom. The molecule has 0 atom stereocenters. The van der Waals surface area contributed by atoms with Gasteiger partial charge >= 0.3 is 5.97 Å². The monoisotopic (exact) mass is 280 g/mol. The van der Waals surface area contributed by atoms with E-state index in [1.807, 2.05) is 0 Å². The molecule has 7 heteroatoms. The molecule has 3 rings (SSSR count). The van der Waals surface area contributed by atoms with E-state index in [9.17, 15) is 13.6 Å². The first-order chi connectivity index (χ1) is 9.06. The maximum atomic E-state index is 13.2. The van der Waals surface area contributed by atoms with E-state index in [0.29, 0.717) is 16.2 Å². The number of hydrogen-bond acceptors (Lipinski definition) is 3. The predicted octanol–water partition coefficient (Wildman–Crippen LogP) is 3.04. The van der Waals surface area contributed by atoms with Crippen molar-refractivity contribution in [2.24, 2.45) is 0 Å². The van der Waals surface area contributed by atoms with Crippen LogP contribution in [0.4, 0.5) is 8.78 Å². The van der Waals surface area contributed by atoms with Crippen LogP contribution in [0.25, 0.3) is 16.2 Å². The molecule has 0 radical (unpaired) electrons. The molecule has 0 fully saturated rings. The van der Waals surface area contributed by atoms with Crippen molar-refractivity contribution >= 4 is 22.3 Å². The first kappa shape index (κ1) is 11.8. The van der Waals surface area contributed by atoms with Crippen LogP contribution in [0.1, 0.15) is 10.5 Å². The molecule has 0 saturated carbocycles. The highest BCUT2D eigenvalue weighted by atomic mass is 32.1. The second-order valence-corrected chi connectivity index (χ2v) is 4.67. The highest BCUT2D eigenvalue weighted by molar-refractivity contribution is 7.15. The molecule has 3 aromatic rings. The Morgan fingerprint density at radius 1 is 1.32 bits per heavy atom. The van der Waals surface area contributed by atoms with Gasteiger partial charge in [-0.25, -0.2) is 18.6 Å². The zero-order valence-corrected chi connectivity index (χ0v) is 10.1. The van der Waals surface area contributed by atoms with Gasteiger partial charge in [0.2, 0.25) is 0 Å². The molecule has 0 saturated heterocycles. The minimum Gasteiger partial charge on any atom is -0.476 e. The fraction of sp³-hybridized carbons (Fsp3) is 0. The van der Waals surface area contributed by atoms with E-state index in [-0.39, 0.29) is 5.69 Å². The van der Waals surface area contributed by atoms with Crippen LogP contribution >= 0.6 is 11.3 Å². The summed E-state index contributed by atoms with van der Waals surface area (Å²) in [7, 11) is 0. The van der Waals surface area contributed by atoms with Crippen LogP contribution < -0.4 is 0 Å². The summed E-state index contributed by atoms with van der Waals surface area (Å²) in [6.45, 7) is 0. The maximum absolute atomic E-state index is 13.2. The SMILES string of the molecule is O=C(O)c1cn2c(-c3ccc(F)c(F)c3)csc2n1. The van der Waals surface area contributed by atoms with E-state index < -0.39 is 17.6 Å². The lowest BCUT2D eigenvalue weighted by molar-refractivity contribution is 0.0691. The molecular weight excluding hydrogens is 274 g/mol. The lowest BCUT2D eigenvalue weighted by atomic mass is 10.1. The Balaban J connectivity index is 2.18. The van der Waals surface area contributed by atoms with Gasteiger partial charge in [0.05, 0.1) is 5.69 Å². The van der Waals surface area contributed by atoms with Gasteiger partial charge < -0.3 is 5.11 Å². The van der Waals surface area contributed by atoms with Crippen LogP contribution in [0.15, 0.2) is 29.8 Å². The Morgan fingerprint density at radius 3 is 2.79 bits per heavy atom. The van der Waals surface area contributed by atoms with Gasteiger partial charge in [-0.3, -0.25) is 4.40 Å². The van der Waals surface area contributed by atoms with E-state index in [2.05, 4.69) is 4.98 Å². The fourth-order valence-electron chi connectivity index (χ4n) is 1.75. The topological polar surface area (TPSA) is 54.6 Å². The summed E-state index contributed by atoms with van der Waals surface area (Å²) in [5.41, 5.74) is 0.939. The average molecular weight is 280 g/mol. The summed E-state index contributed by atoms with van der Waals surface area (Å²) >= 11 is 1.23. The Bertz CT molecular complexity index is 794. The second kappa shape index (κ2) is 4.13. The van der Waals surface area contributed by atoms with Gasteiger partial charge in [0.1, 0.15) is 0 Å². The standard InChI is InChI=1S/C12H6F2N2O2S/c13-7-2-1-6(3-8(7)14)10-5-19-12-15-9(11(17)18)4-16(10)12/h1-5H,(H,17,18). The van der Waals surface area contributed by atoms with Crippen LogP contribution in [-0.4, -0.2) is 20.5 Å². The fourth-order valence-corrected chi connectivity index (χ4v) is 2.63. The first-order valence-corrected chi connectivity index (χ1v) is 6.09. The zero-order valence-electron chi connectivity index (χ0n) is 9.30. The van der Waals surface area contributed by atoms with Crippen molar-refractivity contribution in [3.05, 3.63) is 47.1 Å². The average Bonchev–Trinajstić information content (AvgIpc) is 2.92. The van der Waals surface area contributed by atoms with Gasteiger partial charge in [-0.2, -0.15) is 0 Å². The number of fused-ring (bicyclic) bond motifs is 1. The normalized spacial score (nSPS) is 11.1. The molecule has 96 valence electrons. The van der Waals surface area contributed by atoms with Crippen LogP contribution in [0.3, 0.4) is 0 Å². The van der Waals surface area contributed by atoms with Gasteiger partial charge in [-0.1, -0.05) is 0 Å². The number of nitrogens with zero attached hydrogens (tertiary/aromatic N) is 2. The molecule has 2 heterocycles. The molecule has 0 amide bonds. The molecule has 1 aromatic carbocycles. The van der Waals surface area contributed by atoms with Crippen molar-refractivity contribution in [1.82, 2.24) is 9.38 Å². The van der Waals surface area contributed by atoms with E-state index in [0.717, 1.165) is 12.1 Å². The molecule has 0 aliphatic heterocycles. The van der Waals surface area contributed by atoms with Crippen molar-refractivity contribution in [3.63, 3.8) is 0 Å². The maximum Gasteiger partial charge on any atom is 0.356 e. The summed E-state index contributed by atoms with van der Waals surface area (Å²) in [5, 5.41) is 10.6. The molecule has 2 aromatic heterocycles. The third-order valence-electron chi connectivity index (χ3n) is 2.64. The van der Waals surface area contributed by atoms with Crippen LogP contribution in [0.2, 0.25) is 0 Å². The second-order valence-electron chi connectivity index (χ2n) is 3.83. The van der Waals surface area contributed by atoms with Gasteiger partial charge in [0.25, 0.3) is 0 Å². The molecule has 0 aliphatic rings. The van der Waals surface area contributed by atoms with E-state index in [1.165, 1.54) is 23.6 Å². The number of rotatable bonds is 2. The van der Waals surface area contributed by atoms with Crippen LogP contribution in [0.5, 0.6) is 0 Å². The summed E-state index contributed by atoms with van der Waals surface area (Å²) in [4.78, 5) is 15.2. The lowest BCUT2D eigenvalue weighted by Crippen LogP contribution is -1.95. The number of carbonyl (C=O) groups is 1. The summed E-state index contributed by atoms with van der Waals surface area (Å²) < 4.78 is 27.7. The number of halogens is 2. The number of thiazole rings is 1. The number of aromatic nitrogens is 2. The third-order valence-corrected chi connectivity index (χ3v) is 3.48. The van der Waals surface area contributed by atoms with E-state index >= 15 is 0 Å². The number of carboxylic acid groups (broad SMARTS) is 1. The first-order valence-electron chi connectivity index (χ1n) is 5.21. The Kier molecular flexibility index (Phi) is 2.56. The molecule has 0 unspecified atom stereocenters. The molecule has 0 aliphatic carbocycles. The van der Waals surface area contributed by atoms with Crippen LogP contribution in [-0.2, 0) is 0 Å². The van der Waals surface area contributed by atoms with Crippen molar-refractivity contribution in [1.29, 1.82) is 0 Å². The predicted molar refractivity (Wildman–Crippen MR) is 65.4 cm³/mol. The minimum absolute atomic E-state index is 0.0873. The van der Waals surface area contributed by atoms with E-state index in [1.54, 1.807) is 9.78 Å². The highest BCUT2D eigenvalue weighted by Gasteiger charge is 2.14. The Labute approximate surface area is 109 Å². The largest absolute Gasteiger partial charge is 0.476 e. The van der Waals surface area contributed by atoms with Crippen molar-refractivity contribution in [2.75, 3.05) is 0 Å². The molecule has 4 nitrogen and oxygen atoms in total. The molecular formula is C12H6F2N2O2S. The number of aromatic carboxylic acids is 1. The lowest BCUT2D eigenvalue weighted by Gasteiger charge is -2.00. The van der Waals surface area contributed by atoms with Gasteiger partial charge in [0.15, 0.2) is 22.3 Å². The molecule has 19 heavy (non-hydrogen) atoms. The number of hydrogen-bond donors (Lipinski definition) is 1. The number of benzene rings is 1. The molecule has 0 bridgehead atoms. The number of carboxylic acids is 1. The quantitative estimate of drug-likeness (QED) is 0.785. The third kappa shape index (κ3) is 1.88. The van der Waals surface area contributed by atoms with Crippen LogP contribution in [0, 0.1) is 11.6 Å². The summed E-state index contributed by atoms with van der Waals surface area (Å²) in [5.74, 6) is -3.00. The summed E-state index contributed by atoms with van der Waals surface area (Å²) in [6, 6.07) is 3.53. The van der Waals surface area contributed by atoms with E-state index in [4.69, 9.17) is 5.11 Å². The van der Waals surface area contributed by atoms with Gasteiger partial charge in [0, 0.05) is 17.1 Å². The van der Waals surface area contributed by atoms with Gasteiger partial charge in [-0.15, -0.1) is 11.3 Å². The Hall–Kier alpha value is -2.28. The zero-order chi connectivity index (χ0) is 13.6. The molecule has 1 N–H and O–H groups in total. The molecule has 0 spiro atoms.